The van der Waals surface area contributed by atoms with Gasteiger partial charge in [0.05, 0.1) is 0 Å². The Kier molecular flexibility index (Phi) is 6.02. The van der Waals surface area contributed by atoms with Crippen LogP contribution in [0.5, 0.6) is 0 Å². The van der Waals surface area contributed by atoms with Crippen molar-refractivity contribution in [3.63, 3.8) is 0 Å². The lowest BCUT2D eigenvalue weighted by Gasteiger charge is -2.19. The largest absolute Gasteiger partial charge is 0.444 e. The Morgan fingerprint density at radius 2 is 1.45 bits per heavy atom. The molecule has 3 rings (SSSR count). The SMILES string of the molecule is Cc1cc(C)cc(NC(=O)C(OC(=O)c2c(F)cccc2F)c2ccccc2)c1. The third-order valence-corrected chi connectivity index (χ3v) is 4.22. The first-order valence-corrected chi connectivity index (χ1v) is 8.94. The number of carbonyl (C=O) groups excluding carboxylic acids is 2. The summed E-state index contributed by atoms with van der Waals surface area (Å²) in [5.41, 5.74) is 1.96. The normalized spacial score (nSPS) is 11.6. The molecule has 0 saturated heterocycles. The number of benzene rings is 3. The van der Waals surface area contributed by atoms with Crippen molar-refractivity contribution in [2.75, 3.05) is 5.32 Å². The van der Waals surface area contributed by atoms with Gasteiger partial charge in [-0.2, -0.15) is 0 Å². The van der Waals surface area contributed by atoms with Crippen LogP contribution in [0.25, 0.3) is 0 Å². The lowest BCUT2D eigenvalue weighted by molar-refractivity contribution is -0.125. The number of ether oxygens (including phenoxy) is 1. The topological polar surface area (TPSA) is 55.4 Å². The van der Waals surface area contributed by atoms with Gasteiger partial charge in [0.1, 0.15) is 17.2 Å². The standard InChI is InChI=1S/C23H19F2NO3/c1-14-11-15(2)13-17(12-14)26-22(27)21(16-7-4-3-5-8-16)29-23(28)20-18(24)9-6-10-19(20)25/h3-13,21H,1-2H3,(H,26,27). The van der Waals surface area contributed by atoms with Crippen LogP contribution in [0.3, 0.4) is 0 Å². The summed E-state index contributed by atoms with van der Waals surface area (Å²) in [4.78, 5) is 25.3. The van der Waals surface area contributed by atoms with Crippen LogP contribution in [-0.4, -0.2) is 11.9 Å². The first-order chi connectivity index (χ1) is 13.8. The Labute approximate surface area is 167 Å². The van der Waals surface area contributed by atoms with Gasteiger partial charge < -0.3 is 10.1 Å². The lowest BCUT2D eigenvalue weighted by atomic mass is 10.1. The molecular weight excluding hydrogens is 376 g/mol. The van der Waals surface area contributed by atoms with Gasteiger partial charge >= 0.3 is 5.97 Å². The highest BCUT2D eigenvalue weighted by atomic mass is 19.1. The van der Waals surface area contributed by atoms with Crippen molar-refractivity contribution in [2.45, 2.75) is 20.0 Å². The average Bonchev–Trinajstić information content (AvgIpc) is 2.65. The molecule has 0 saturated carbocycles. The van der Waals surface area contributed by atoms with Crippen LogP contribution >= 0.6 is 0 Å². The van der Waals surface area contributed by atoms with E-state index in [2.05, 4.69) is 5.32 Å². The second kappa shape index (κ2) is 8.65. The molecule has 6 heteroatoms. The fraction of sp³-hybridized carbons (Fsp3) is 0.130. The molecule has 0 heterocycles. The summed E-state index contributed by atoms with van der Waals surface area (Å²) in [5, 5.41) is 2.70. The highest BCUT2D eigenvalue weighted by molar-refractivity contribution is 5.98. The molecule has 0 fully saturated rings. The number of rotatable bonds is 5. The molecule has 0 aliphatic carbocycles. The van der Waals surface area contributed by atoms with Crippen LogP contribution in [0.2, 0.25) is 0 Å². The van der Waals surface area contributed by atoms with E-state index in [0.717, 1.165) is 29.3 Å². The van der Waals surface area contributed by atoms with Gasteiger partial charge in [-0.25, -0.2) is 13.6 Å². The summed E-state index contributed by atoms with van der Waals surface area (Å²) in [5.74, 6) is -4.01. The third kappa shape index (κ3) is 4.85. The maximum absolute atomic E-state index is 13.9. The van der Waals surface area contributed by atoms with Crippen molar-refractivity contribution in [2.24, 2.45) is 0 Å². The first kappa shape index (κ1) is 20.2. The molecule has 0 aliphatic rings. The summed E-state index contributed by atoms with van der Waals surface area (Å²) in [6, 6.07) is 16.8. The van der Waals surface area contributed by atoms with Gasteiger partial charge in [0.15, 0.2) is 0 Å². The smallest absolute Gasteiger partial charge is 0.345 e. The van der Waals surface area contributed by atoms with Crippen molar-refractivity contribution < 1.29 is 23.1 Å². The fourth-order valence-electron chi connectivity index (χ4n) is 3.01. The average molecular weight is 395 g/mol. The van der Waals surface area contributed by atoms with Crippen molar-refractivity contribution in [3.05, 3.63) is 101 Å². The molecule has 1 N–H and O–H groups in total. The number of esters is 1. The van der Waals surface area contributed by atoms with Gasteiger partial charge in [-0.15, -0.1) is 0 Å². The predicted octanol–water partition coefficient (Wildman–Crippen LogP) is 5.12. The second-order valence-corrected chi connectivity index (χ2v) is 6.66. The van der Waals surface area contributed by atoms with Gasteiger partial charge in [-0.05, 0) is 49.2 Å². The third-order valence-electron chi connectivity index (χ3n) is 4.22. The number of amides is 1. The highest BCUT2D eigenvalue weighted by Gasteiger charge is 2.28. The maximum atomic E-state index is 13.9. The number of anilines is 1. The zero-order valence-corrected chi connectivity index (χ0v) is 15.9. The number of hydrogen-bond donors (Lipinski definition) is 1. The summed E-state index contributed by atoms with van der Waals surface area (Å²) < 4.78 is 33.1. The Hall–Kier alpha value is -3.54. The van der Waals surface area contributed by atoms with E-state index in [1.807, 2.05) is 19.9 Å². The van der Waals surface area contributed by atoms with E-state index in [4.69, 9.17) is 4.74 Å². The molecule has 3 aromatic carbocycles. The zero-order chi connectivity index (χ0) is 21.0. The van der Waals surface area contributed by atoms with E-state index in [1.54, 1.807) is 42.5 Å². The van der Waals surface area contributed by atoms with Crippen LogP contribution in [0.1, 0.15) is 33.2 Å². The second-order valence-electron chi connectivity index (χ2n) is 6.66. The summed E-state index contributed by atoms with van der Waals surface area (Å²) >= 11 is 0. The number of aryl methyl sites for hydroxylation is 2. The van der Waals surface area contributed by atoms with Gasteiger partial charge in [0.25, 0.3) is 5.91 Å². The van der Waals surface area contributed by atoms with Gasteiger partial charge in [-0.1, -0.05) is 42.5 Å². The fourth-order valence-corrected chi connectivity index (χ4v) is 3.01. The van der Waals surface area contributed by atoms with Crippen molar-refractivity contribution in [3.8, 4) is 0 Å². The number of hydrogen-bond acceptors (Lipinski definition) is 3. The molecule has 1 atom stereocenters. The van der Waals surface area contributed by atoms with E-state index in [1.165, 1.54) is 0 Å². The zero-order valence-electron chi connectivity index (χ0n) is 15.9. The number of nitrogens with one attached hydrogen (secondary N) is 1. The summed E-state index contributed by atoms with van der Waals surface area (Å²) in [7, 11) is 0. The predicted molar refractivity (Wildman–Crippen MR) is 106 cm³/mol. The minimum absolute atomic E-state index is 0.375. The minimum atomic E-state index is -1.39. The van der Waals surface area contributed by atoms with Crippen molar-refractivity contribution >= 4 is 17.6 Å². The monoisotopic (exact) mass is 395 g/mol. The molecule has 0 radical (unpaired) electrons. The Balaban J connectivity index is 1.91. The molecule has 148 valence electrons. The molecule has 0 spiro atoms. The highest BCUT2D eigenvalue weighted by Crippen LogP contribution is 2.24. The summed E-state index contributed by atoms with van der Waals surface area (Å²) in [6.45, 7) is 3.77. The minimum Gasteiger partial charge on any atom is -0.444 e. The Morgan fingerprint density at radius 1 is 0.862 bits per heavy atom. The van der Waals surface area contributed by atoms with Gasteiger partial charge in [0.2, 0.25) is 6.10 Å². The first-order valence-electron chi connectivity index (χ1n) is 8.94. The van der Waals surface area contributed by atoms with E-state index in [-0.39, 0.29) is 0 Å². The Bertz CT molecular complexity index is 1010. The molecule has 29 heavy (non-hydrogen) atoms. The molecule has 0 aromatic heterocycles. The quantitative estimate of drug-likeness (QED) is 0.610. The molecule has 0 bridgehead atoms. The van der Waals surface area contributed by atoms with E-state index < -0.39 is 35.2 Å². The lowest BCUT2D eigenvalue weighted by Crippen LogP contribution is -2.26. The summed E-state index contributed by atoms with van der Waals surface area (Å²) in [6.07, 6.45) is -1.39. The number of carbonyl (C=O) groups is 2. The van der Waals surface area contributed by atoms with E-state index >= 15 is 0 Å². The van der Waals surface area contributed by atoms with E-state index in [0.29, 0.717) is 11.3 Å². The van der Waals surface area contributed by atoms with Crippen molar-refractivity contribution in [1.82, 2.24) is 0 Å². The van der Waals surface area contributed by atoms with E-state index in [9.17, 15) is 18.4 Å². The molecule has 1 unspecified atom stereocenters. The molecule has 1 amide bonds. The van der Waals surface area contributed by atoms with Crippen LogP contribution in [0.4, 0.5) is 14.5 Å². The van der Waals surface area contributed by atoms with Crippen molar-refractivity contribution in [1.29, 1.82) is 0 Å². The molecule has 3 aromatic rings. The van der Waals surface area contributed by atoms with Crippen LogP contribution in [-0.2, 0) is 9.53 Å². The molecular formula is C23H19F2NO3. The van der Waals surface area contributed by atoms with Crippen LogP contribution in [0, 0.1) is 25.5 Å². The van der Waals surface area contributed by atoms with Gasteiger partial charge in [-0.3, -0.25) is 4.79 Å². The Morgan fingerprint density at radius 3 is 2.03 bits per heavy atom. The molecule has 0 aliphatic heterocycles. The van der Waals surface area contributed by atoms with Crippen LogP contribution in [0.15, 0.2) is 66.7 Å². The van der Waals surface area contributed by atoms with Crippen LogP contribution < -0.4 is 5.32 Å². The number of halogens is 2. The van der Waals surface area contributed by atoms with Gasteiger partial charge in [0, 0.05) is 11.3 Å². The maximum Gasteiger partial charge on any atom is 0.345 e. The molecule has 4 nitrogen and oxygen atoms in total.